The standard InChI is InChI=1S/C29H28N3O/c33-29-26(20-22-10-4-1-5-11-22)30-27(28(31-29)24-12-6-2-7-13-24)25-16-14-23(15-17-25)21-32-18-8-3-9-19-32/h1-7,10-17H,8-9,18-21H2,(H,31,33). The Kier molecular flexibility index (Phi) is 6.45. The summed E-state index contributed by atoms with van der Waals surface area (Å²) in [4.78, 5) is 12.0. The first-order valence-corrected chi connectivity index (χ1v) is 11.6. The molecule has 0 spiro atoms. The molecule has 1 saturated heterocycles. The van der Waals surface area contributed by atoms with E-state index in [1.165, 1.54) is 18.4 Å². The van der Waals surface area contributed by atoms with Gasteiger partial charge in [-0.05, 0) is 43.5 Å². The number of likely N-dealkylation sites (tertiary alicyclic amines) is 1. The summed E-state index contributed by atoms with van der Waals surface area (Å²) >= 11 is 0. The van der Waals surface area contributed by atoms with Gasteiger partial charge in [-0.15, -0.1) is 0 Å². The van der Waals surface area contributed by atoms with Crippen LogP contribution in [0.1, 0.15) is 29.7 Å². The zero-order chi connectivity index (χ0) is 22.5. The van der Waals surface area contributed by atoms with Crippen LogP contribution < -0.4 is 0 Å². The Morgan fingerprint density at radius 2 is 1.27 bits per heavy atom. The van der Waals surface area contributed by atoms with Crippen molar-refractivity contribution in [1.82, 2.24) is 14.9 Å². The molecule has 4 nitrogen and oxygen atoms in total. The summed E-state index contributed by atoms with van der Waals surface area (Å²) in [5.74, 6) is -0.0139. The monoisotopic (exact) mass is 434 g/mol. The van der Waals surface area contributed by atoms with E-state index in [-0.39, 0.29) is 5.88 Å². The summed E-state index contributed by atoms with van der Waals surface area (Å²) in [5.41, 5.74) is 6.42. The average Bonchev–Trinajstić information content (AvgIpc) is 2.87. The predicted molar refractivity (Wildman–Crippen MR) is 133 cm³/mol. The van der Waals surface area contributed by atoms with Gasteiger partial charge in [-0.25, -0.2) is 9.97 Å². The van der Waals surface area contributed by atoms with Crippen LogP contribution in [0.5, 0.6) is 5.88 Å². The minimum atomic E-state index is -0.0139. The minimum Gasteiger partial charge on any atom is -0.492 e. The number of aromatic hydroxyl groups is 1. The van der Waals surface area contributed by atoms with Crippen molar-refractivity contribution < 1.29 is 5.11 Å². The maximum Gasteiger partial charge on any atom is 0.234 e. The second-order valence-electron chi connectivity index (χ2n) is 8.56. The topological polar surface area (TPSA) is 49.3 Å². The van der Waals surface area contributed by atoms with Crippen LogP contribution in [-0.4, -0.2) is 33.1 Å². The third kappa shape index (κ3) is 5.12. The number of hydrogen-bond donors (Lipinski definition) is 1. The number of rotatable bonds is 6. The maximum absolute atomic E-state index is 10.7. The fourth-order valence-electron chi connectivity index (χ4n) is 4.36. The molecule has 0 unspecified atom stereocenters. The van der Waals surface area contributed by atoms with Gasteiger partial charge in [0.2, 0.25) is 5.88 Å². The fraction of sp³-hybridized carbons (Fsp3) is 0.207. The number of aromatic nitrogens is 2. The zero-order valence-corrected chi connectivity index (χ0v) is 18.7. The lowest BCUT2D eigenvalue weighted by atomic mass is 10.0. The first-order chi connectivity index (χ1) is 16.3. The van der Waals surface area contributed by atoms with Crippen LogP contribution in [0.2, 0.25) is 0 Å². The highest BCUT2D eigenvalue weighted by Gasteiger charge is 2.17. The summed E-state index contributed by atoms with van der Waals surface area (Å²) in [6, 6.07) is 28.7. The van der Waals surface area contributed by atoms with Crippen LogP contribution in [0.25, 0.3) is 22.5 Å². The third-order valence-corrected chi connectivity index (χ3v) is 6.14. The van der Waals surface area contributed by atoms with Gasteiger partial charge in [0.1, 0.15) is 11.4 Å². The highest BCUT2D eigenvalue weighted by atomic mass is 16.3. The summed E-state index contributed by atoms with van der Waals surface area (Å²) in [6.07, 6.45) is 5.25. The molecule has 1 aromatic heterocycles. The van der Waals surface area contributed by atoms with E-state index in [1.54, 1.807) is 0 Å². The van der Waals surface area contributed by atoms with E-state index in [0.717, 1.165) is 42.0 Å². The van der Waals surface area contributed by atoms with Crippen molar-refractivity contribution >= 4 is 0 Å². The van der Waals surface area contributed by atoms with E-state index in [2.05, 4.69) is 40.6 Å². The largest absolute Gasteiger partial charge is 0.492 e. The molecule has 0 amide bonds. The molecule has 2 heterocycles. The second-order valence-corrected chi connectivity index (χ2v) is 8.56. The van der Waals surface area contributed by atoms with Gasteiger partial charge in [-0.3, -0.25) is 4.90 Å². The van der Waals surface area contributed by atoms with Crippen molar-refractivity contribution in [2.45, 2.75) is 25.8 Å². The molecule has 1 fully saturated rings. The molecule has 3 aromatic carbocycles. The zero-order valence-electron chi connectivity index (χ0n) is 18.7. The molecule has 1 aliphatic rings. The van der Waals surface area contributed by atoms with Crippen LogP contribution in [0.15, 0.2) is 84.9 Å². The van der Waals surface area contributed by atoms with Crippen molar-refractivity contribution in [2.24, 2.45) is 0 Å². The van der Waals surface area contributed by atoms with E-state index in [0.29, 0.717) is 17.8 Å². The molecular weight excluding hydrogens is 406 g/mol. The maximum atomic E-state index is 10.7. The van der Waals surface area contributed by atoms with Gasteiger partial charge in [-0.1, -0.05) is 84.9 Å². The van der Waals surface area contributed by atoms with E-state index in [1.807, 2.05) is 60.7 Å². The number of piperidine rings is 1. The molecule has 1 N–H and O–H groups in total. The minimum absolute atomic E-state index is 0.0139. The molecule has 33 heavy (non-hydrogen) atoms. The Balaban J connectivity index is 1.50. The normalized spacial score (nSPS) is 14.3. The lowest BCUT2D eigenvalue weighted by molar-refractivity contribution is 0.246. The highest BCUT2D eigenvalue weighted by Crippen LogP contribution is 2.32. The lowest BCUT2D eigenvalue weighted by Gasteiger charge is -2.26. The summed E-state index contributed by atoms with van der Waals surface area (Å²) < 4.78 is 0. The lowest BCUT2D eigenvalue weighted by Crippen LogP contribution is -2.29. The van der Waals surface area contributed by atoms with E-state index >= 15 is 0 Å². The second kappa shape index (κ2) is 9.97. The van der Waals surface area contributed by atoms with Crippen molar-refractivity contribution in [2.75, 3.05) is 13.1 Å². The van der Waals surface area contributed by atoms with Crippen LogP contribution in [0.3, 0.4) is 0 Å². The number of hydrogen-bond acceptors (Lipinski definition) is 4. The van der Waals surface area contributed by atoms with Crippen LogP contribution in [0.4, 0.5) is 0 Å². The molecular formula is C29H28N3O. The number of benzene rings is 3. The molecule has 0 atom stereocenters. The number of nitrogens with zero attached hydrogens (tertiary/aromatic N) is 3. The smallest absolute Gasteiger partial charge is 0.234 e. The van der Waals surface area contributed by atoms with E-state index < -0.39 is 0 Å². The molecule has 4 heteroatoms. The van der Waals surface area contributed by atoms with Gasteiger partial charge in [0, 0.05) is 24.1 Å². The van der Waals surface area contributed by atoms with Crippen molar-refractivity contribution in [3.05, 3.63) is 108 Å². The Hall–Kier alpha value is -3.50. The van der Waals surface area contributed by atoms with E-state index in [9.17, 15) is 5.11 Å². The summed E-state index contributed by atoms with van der Waals surface area (Å²) in [5, 5.41) is 10.7. The van der Waals surface area contributed by atoms with Crippen molar-refractivity contribution in [1.29, 1.82) is 0 Å². The van der Waals surface area contributed by atoms with Gasteiger partial charge < -0.3 is 5.11 Å². The predicted octanol–water partition coefficient (Wildman–Crippen LogP) is 5.91. The van der Waals surface area contributed by atoms with Crippen LogP contribution >= 0.6 is 0 Å². The van der Waals surface area contributed by atoms with E-state index in [4.69, 9.17) is 4.98 Å². The average molecular weight is 435 g/mol. The molecule has 0 saturated carbocycles. The summed E-state index contributed by atoms with van der Waals surface area (Å²) in [7, 11) is 0. The van der Waals surface area contributed by atoms with Gasteiger partial charge in [-0.2, -0.15) is 0 Å². The molecule has 1 radical (unpaired) electrons. The Bertz CT molecular complexity index is 1180. The Morgan fingerprint density at radius 1 is 0.667 bits per heavy atom. The molecule has 0 bridgehead atoms. The molecule has 165 valence electrons. The van der Waals surface area contributed by atoms with Crippen LogP contribution in [-0.2, 0) is 13.0 Å². The summed E-state index contributed by atoms with van der Waals surface area (Å²) in [6.45, 7) is 3.23. The van der Waals surface area contributed by atoms with Gasteiger partial charge in [0.15, 0.2) is 0 Å². The Morgan fingerprint density at radius 3 is 1.97 bits per heavy atom. The molecule has 4 aromatic rings. The fourth-order valence-corrected chi connectivity index (χ4v) is 4.36. The SMILES string of the molecule is Oc1nc(-c2ccccc2)c(-c2ccc(CN3CC[CH]CC3)cc2)nc1Cc1ccccc1. The quantitative estimate of drug-likeness (QED) is 0.410. The first-order valence-electron chi connectivity index (χ1n) is 11.6. The van der Waals surface area contributed by atoms with Gasteiger partial charge in [0.25, 0.3) is 0 Å². The van der Waals surface area contributed by atoms with Crippen LogP contribution in [0, 0.1) is 6.42 Å². The van der Waals surface area contributed by atoms with Gasteiger partial charge in [0.05, 0.1) is 5.69 Å². The first kappa shape index (κ1) is 21.4. The third-order valence-electron chi connectivity index (χ3n) is 6.14. The Labute approximate surface area is 195 Å². The van der Waals surface area contributed by atoms with Crippen molar-refractivity contribution in [3.8, 4) is 28.4 Å². The highest BCUT2D eigenvalue weighted by molar-refractivity contribution is 5.78. The molecule has 5 rings (SSSR count). The van der Waals surface area contributed by atoms with Gasteiger partial charge >= 0.3 is 0 Å². The molecule has 1 aliphatic heterocycles. The van der Waals surface area contributed by atoms with Crippen molar-refractivity contribution in [3.63, 3.8) is 0 Å². The molecule has 0 aliphatic carbocycles.